The molecule has 1 fully saturated rings. The van der Waals surface area contributed by atoms with Crippen LogP contribution in [0.15, 0.2) is 0 Å². The van der Waals surface area contributed by atoms with E-state index in [1.807, 2.05) is 0 Å². The van der Waals surface area contributed by atoms with E-state index in [4.69, 9.17) is 5.73 Å². The minimum absolute atomic E-state index is 0.313. The van der Waals surface area contributed by atoms with Crippen molar-refractivity contribution in [3.05, 3.63) is 0 Å². The van der Waals surface area contributed by atoms with Crippen LogP contribution < -0.4 is 5.73 Å². The van der Waals surface area contributed by atoms with E-state index in [1.54, 1.807) is 0 Å². The fourth-order valence-corrected chi connectivity index (χ4v) is 3.30. The summed E-state index contributed by atoms with van der Waals surface area (Å²) in [7, 11) is 0. The summed E-state index contributed by atoms with van der Waals surface area (Å²) in [5.41, 5.74) is 6.42. The van der Waals surface area contributed by atoms with E-state index in [-0.39, 0.29) is 0 Å². The Bertz CT molecular complexity index is 185. The first-order valence-corrected chi connectivity index (χ1v) is 7.17. The first kappa shape index (κ1) is 14.0. The molecule has 2 heteroatoms. The quantitative estimate of drug-likeness (QED) is 0.723. The first-order valence-electron chi connectivity index (χ1n) is 7.17. The molecular formula is C14H30N2. The summed E-state index contributed by atoms with van der Waals surface area (Å²) in [6.07, 6.45) is 7.76. The Morgan fingerprint density at radius 3 is 2.19 bits per heavy atom. The van der Waals surface area contributed by atoms with Crippen molar-refractivity contribution in [1.82, 2.24) is 4.90 Å². The van der Waals surface area contributed by atoms with Crippen LogP contribution in [0.5, 0.6) is 0 Å². The molecule has 0 radical (unpaired) electrons. The van der Waals surface area contributed by atoms with Gasteiger partial charge in [0, 0.05) is 18.6 Å². The third-order valence-corrected chi connectivity index (χ3v) is 4.34. The van der Waals surface area contributed by atoms with E-state index in [1.165, 1.54) is 51.6 Å². The van der Waals surface area contributed by atoms with Crippen molar-refractivity contribution in [3.8, 4) is 0 Å². The molecule has 0 amide bonds. The lowest BCUT2D eigenvalue weighted by Gasteiger charge is -2.41. The van der Waals surface area contributed by atoms with E-state index < -0.39 is 0 Å². The van der Waals surface area contributed by atoms with Gasteiger partial charge in [-0.15, -0.1) is 0 Å². The molecule has 0 aromatic carbocycles. The minimum atomic E-state index is 0.313. The summed E-state index contributed by atoms with van der Waals surface area (Å²) in [4.78, 5) is 2.70. The van der Waals surface area contributed by atoms with Gasteiger partial charge >= 0.3 is 0 Å². The highest BCUT2D eigenvalue weighted by Gasteiger charge is 2.37. The Labute approximate surface area is 102 Å². The van der Waals surface area contributed by atoms with Gasteiger partial charge in [-0.25, -0.2) is 0 Å². The minimum Gasteiger partial charge on any atom is -0.329 e. The zero-order chi connectivity index (χ0) is 12.0. The largest absolute Gasteiger partial charge is 0.329 e. The average Bonchev–Trinajstić information content (AvgIpc) is 2.77. The molecule has 2 N–H and O–H groups in total. The van der Waals surface area contributed by atoms with Gasteiger partial charge in [-0.2, -0.15) is 0 Å². The van der Waals surface area contributed by atoms with Crippen LogP contribution in [-0.4, -0.2) is 30.1 Å². The van der Waals surface area contributed by atoms with Gasteiger partial charge in [0.25, 0.3) is 0 Å². The summed E-state index contributed by atoms with van der Waals surface area (Å²) in [6.45, 7) is 10.3. The lowest BCUT2D eigenvalue weighted by molar-refractivity contribution is 0.0965. The molecule has 1 aliphatic rings. The highest BCUT2D eigenvalue weighted by atomic mass is 15.2. The molecule has 0 aromatic heterocycles. The molecule has 0 aromatic rings. The summed E-state index contributed by atoms with van der Waals surface area (Å²) in [6, 6.07) is 0. The Balaban J connectivity index is 2.67. The summed E-state index contributed by atoms with van der Waals surface area (Å²) < 4.78 is 0. The fourth-order valence-electron chi connectivity index (χ4n) is 3.30. The highest BCUT2D eigenvalue weighted by molar-refractivity contribution is 4.94. The second-order valence-corrected chi connectivity index (χ2v) is 5.44. The van der Waals surface area contributed by atoms with Crippen molar-refractivity contribution < 1.29 is 0 Å². The molecule has 1 rings (SSSR count). The maximum Gasteiger partial charge on any atom is 0.0331 e. The molecular weight excluding hydrogens is 196 g/mol. The maximum atomic E-state index is 6.10. The van der Waals surface area contributed by atoms with Gasteiger partial charge in [0.15, 0.2) is 0 Å². The number of likely N-dealkylation sites (tertiary alicyclic amines) is 1. The molecule has 1 atom stereocenters. The maximum absolute atomic E-state index is 6.10. The van der Waals surface area contributed by atoms with Crippen LogP contribution in [0.25, 0.3) is 0 Å². The molecule has 0 spiro atoms. The van der Waals surface area contributed by atoms with Crippen molar-refractivity contribution in [3.63, 3.8) is 0 Å². The predicted molar refractivity (Wildman–Crippen MR) is 71.6 cm³/mol. The number of hydrogen-bond donors (Lipinski definition) is 1. The average molecular weight is 226 g/mol. The third-order valence-electron chi connectivity index (χ3n) is 4.34. The van der Waals surface area contributed by atoms with Gasteiger partial charge in [0.1, 0.15) is 0 Å². The molecule has 0 saturated carbocycles. The zero-order valence-corrected chi connectivity index (χ0v) is 11.5. The molecule has 1 aliphatic heterocycles. The molecule has 2 nitrogen and oxygen atoms in total. The van der Waals surface area contributed by atoms with Crippen LogP contribution in [-0.2, 0) is 0 Å². The van der Waals surface area contributed by atoms with Crippen molar-refractivity contribution in [2.24, 2.45) is 11.7 Å². The molecule has 0 aliphatic carbocycles. The second kappa shape index (κ2) is 6.61. The molecule has 1 unspecified atom stereocenters. The van der Waals surface area contributed by atoms with Gasteiger partial charge < -0.3 is 5.73 Å². The van der Waals surface area contributed by atoms with E-state index in [0.29, 0.717) is 5.54 Å². The van der Waals surface area contributed by atoms with Crippen LogP contribution in [0.1, 0.15) is 59.3 Å². The number of nitrogens with zero attached hydrogens (tertiary/aromatic N) is 1. The molecule has 1 saturated heterocycles. The lowest BCUT2D eigenvalue weighted by Crippen LogP contribution is -2.52. The van der Waals surface area contributed by atoms with Gasteiger partial charge in [0.05, 0.1) is 0 Å². The van der Waals surface area contributed by atoms with Crippen LogP contribution in [0.2, 0.25) is 0 Å². The predicted octanol–water partition coefficient (Wildman–Crippen LogP) is 3.02. The van der Waals surface area contributed by atoms with E-state index in [2.05, 4.69) is 25.7 Å². The van der Waals surface area contributed by atoms with E-state index >= 15 is 0 Å². The molecule has 96 valence electrons. The molecule has 0 bridgehead atoms. The van der Waals surface area contributed by atoms with Gasteiger partial charge in [-0.3, -0.25) is 4.90 Å². The summed E-state index contributed by atoms with van der Waals surface area (Å²) >= 11 is 0. The lowest BCUT2D eigenvalue weighted by atomic mass is 9.87. The topological polar surface area (TPSA) is 29.3 Å². The smallest absolute Gasteiger partial charge is 0.0331 e. The van der Waals surface area contributed by atoms with E-state index in [0.717, 1.165) is 12.5 Å². The van der Waals surface area contributed by atoms with Crippen LogP contribution in [0.4, 0.5) is 0 Å². The Kier molecular flexibility index (Phi) is 5.77. The van der Waals surface area contributed by atoms with Crippen LogP contribution >= 0.6 is 0 Å². The Hall–Kier alpha value is -0.0800. The van der Waals surface area contributed by atoms with Crippen LogP contribution in [0.3, 0.4) is 0 Å². The number of hydrogen-bond acceptors (Lipinski definition) is 2. The zero-order valence-electron chi connectivity index (χ0n) is 11.5. The summed E-state index contributed by atoms with van der Waals surface area (Å²) in [5.74, 6) is 0.916. The monoisotopic (exact) mass is 226 g/mol. The van der Waals surface area contributed by atoms with Gasteiger partial charge in [0.2, 0.25) is 0 Å². The Morgan fingerprint density at radius 2 is 1.81 bits per heavy atom. The van der Waals surface area contributed by atoms with Crippen molar-refractivity contribution >= 4 is 0 Å². The molecule has 1 heterocycles. The second-order valence-electron chi connectivity index (χ2n) is 5.44. The number of rotatable bonds is 7. The first-order chi connectivity index (χ1) is 7.72. The number of nitrogens with two attached hydrogens (primary N) is 1. The van der Waals surface area contributed by atoms with Crippen molar-refractivity contribution in [2.45, 2.75) is 64.8 Å². The fraction of sp³-hybridized carbons (Fsp3) is 1.00. The Morgan fingerprint density at radius 1 is 1.19 bits per heavy atom. The van der Waals surface area contributed by atoms with Gasteiger partial charge in [-0.05, 0) is 31.7 Å². The molecule has 16 heavy (non-hydrogen) atoms. The summed E-state index contributed by atoms with van der Waals surface area (Å²) in [5, 5.41) is 0. The highest BCUT2D eigenvalue weighted by Crippen LogP contribution is 2.32. The van der Waals surface area contributed by atoms with Crippen molar-refractivity contribution in [1.29, 1.82) is 0 Å². The van der Waals surface area contributed by atoms with E-state index in [9.17, 15) is 0 Å². The normalized spacial score (nSPS) is 22.9. The van der Waals surface area contributed by atoms with Gasteiger partial charge in [-0.1, -0.05) is 40.0 Å². The van der Waals surface area contributed by atoms with Crippen LogP contribution in [0, 0.1) is 5.92 Å². The van der Waals surface area contributed by atoms with Crippen molar-refractivity contribution in [2.75, 3.05) is 19.6 Å². The third kappa shape index (κ3) is 2.98. The standard InChI is InChI=1S/C14H30N2/c1-4-8-14(12-15,9-5-2)16-10-7-13(6-3)11-16/h13H,4-12,15H2,1-3H3. The SMILES string of the molecule is CCCC(CN)(CCC)N1CCC(CC)C1.